The van der Waals surface area contributed by atoms with Crippen molar-refractivity contribution < 1.29 is 22.5 Å². The van der Waals surface area contributed by atoms with Crippen LogP contribution < -0.4 is 4.18 Å². The van der Waals surface area contributed by atoms with Gasteiger partial charge in [-0.05, 0) is 86.8 Å². The SMILES string of the molecule is CO.Cc1ccc(S(=O)(=O)Oc2c(C)cc(C(=O)c3c(C)cc4ccccn34)cc2C)cc1. The number of rotatable bonds is 5. The Hall–Kier alpha value is -3.42. The van der Waals surface area contributed by atoms with Crippen molar-refractivity contribution in [3.8, 4) is 5.75 Å². The van der Waals surface area contributed by atoms with Gasteiger partial charge >= 0.3 is 10.1 Å². The van der Waals surface area contributed by atoms with Crippen molar-refractivity contribution in [3.05, 3.63) is 100 Å². The molecule has 2 aromatic carbocycles. The quantitative estimate of drug-likeness (QED) is 0.339. The van der Waals surface area contributed by atoms with E-state index in [1.807, 2.05) is 48.7 Å². The zero-order valence-electron chi connectivity index (χ0n) is 19.3. The zero-order valence-corrected chi connectivity index (χ0v) is 20.1. The van der Waals surface area contributed by atoms with Gasteiger partial charge in [0.2, 0.25) is 5.78 Å². The average molecular weight is 466 g/mol. The molecule has 4 aromatic rings. The maximum absolute atomic E-state index is 13.3. The first-order valence-electron chi connectivity index (χ1n) is 10.4. The third-order valence-electron chi connectivity index (χ3n) is 5.31. The van der Waals surface area contributed by atoms with Crippen LogP contribution in [0, 0.1) is 27.7 Å². The molecule has 6 nitrogen and oxygen atoms in total. The second-order valence-electron chi connectivity index (χ2n) is 7.79. The lowest BCUT2D eigenvalue weighted by Crippen LogP contribution is -2.13. The second-order valence-corrected chi connectivity index (χ2v) is 9.34. The highest BCUT2D eigenvalue weighted by Crippen LogP contribution is 2.30. The Morgan fingerprint density at radius 3 is 2.06 bits per heavy atom. The van der Waals surface area contributed by atoms with Crippen LogP contribution in [-0.2, 0) is 10.1 Å². The fourth-order valence-corrected chi connectivity index (χ4v) is 4.81. The van der Waals surface area contributed by atoms with Crippen LogP contribution in [0.15, 0.2) is 71.8 Å². The molecular weight excluding hydrogens is 438 g/mol. The number of hydrogen-bond acceptors (Lipinski definition) is 5. The minimum atomic E-state index is -3.98. The van der Waals surface area contributed by atoms with Crippen molar-refractivity contribution >= 4 is 21.4 Å². The van der Waals surface area contributed by atoms with E-state index in [-0.39, 0.29) is 16.4 Å². The largest absolute Gasteiger partial charge is 0.400 e. The molecule has 7 heteroatoms. The number of ketones is 1. The molecule has 2 heterocycles. The van der Waals surface area contributed by atoms with E-state index in [4.69, 9.17) is 9.29 Å². The summed E-state index contributed by atoms with van der Waals surface area (Å²) in [5.41, 5.74) is 5.03. The highest BCUT2D eigenvalue weighted by molar-refractivity contribution is 7.87. The molecule has 4 rings (SSSR count). The Bertz CT molecular complexity index is 1390. The number of benzene rings is 2. The van der Waals surface area contributed by atoms with Gasteiger partial charge in [-0.3, -0.25) is 4.79 Å². The molecule has 172 valence electrons. The van der Waals surface area contributed by atoms with E-state index >= 15 is 0 Å². The van der Waals surface area contributed by atoms with Crippen molar-refractivity contribution in [1.29, 1.82) is 0 Å². The van der Waals surface area contributed by atoms with E-state index < -0.39 is 10.1 Å². The summed E-state index contributed by atoms with van der Waals surface area (Å²) in [6.45, 7) is 7.28. The number of aromatic nitrogens is 1. The van der Waals surface area contributed by atoms with Crippen LogP contribution in [0.4, 0.5) is 0 Å². The lowest BCUT2D eigenvalue weighted by atomic mass is 10.00. The van der Waals surface area contributed by atoms with E-state index in [1.165, 1.54) is 12.1 Å². The highest BCUT2D eigenvalue weighted by atomic mass is 32.2. The Balaban J connectivity index is 0.00000149. The van der Waals surface area contributed by atoms with E-state index in [0.29, 0.717) is 22.4 Å². The van der Waals surface area contributed by atoms with Crippen LogP contribution in [0.1, 0.15) is 38.3 Å². The van der Waals surface area contributed by atoms with Crippen molar-refractivity contribution in [3.63, 3.8) is 0 Å². The number of aliphatic hydroxyl groups is 1. The monoisotopic (exact) mass is 465 g/mol. The van der Waals surface area contributed by atoms with Gasteiger partial charge in [-0.1, -0.05) is 23.8 Å². The molecule has 0 aliphatic rings. The maximum Gasteiger partial charge on any atom is 0.339 e. The Morgan fingerprint density at radius 2 is 1.45 bits per heavy atom. The van der Waals surface area contributed by atoms with Gasteiger partial charge < -0.3 is 13.7 Å². The molecule has 0 atom stereocenters. The second kappa shape index (κ2) is 9.60. The molecule has 0 aliphatic heterocycles. The first-order chi connectivity index (χ1) is 15.7. The predicted molar refractivity (Wildman–Crippen MR) is 129 cm³/mol. The van der Waals surface area contributed by atoms with Crippen LogP contribution >= 0.6 is 0 Å². The van der Waals surface area contributed by atoms with Crippen LogP contribution in [-0.4, -0.2) is 30.8 Å². The lowest BCUT2D eigenvalue weighted by molar-refractivity contribution is 0.103. The molecule has 0 unspecified atom stereocenters. The lowest BCUT2D eigenvalue weighted by Gasteiger charge is -2.14. The summed E-state index contributed by atoms with van der Waals surface area (Å²) in [6, 6.07) is 17.6. The smallest absolute Gasteiger partial charge is 0.339 e. The number of fused-ring (bicyclic) bond motifs is 1. The van der Waals surface area contributed by atoms with E-state index in [0.717, 1.165) is 23.8 Å². The van der Waals surface area contributed by atoms with Gasteiger partial charge in [-0.25, -0.2) is 0 Å². The minimum absolute atomic E-state index is 0.0901. The highest BCUT2D eigenvalue weighted by Gasteiger charge is 2.22. The number of pyridine rings is 1. The minimum Gasteiger partial charge on any atom is -0.400 e. The summed E-state index contributed by atoms with van der Waals surface area (Å²) < 4.78 is 32.8. The molecule has 33 heavy (non-hydrogen) atoms. The van der Waals surface area contributed by atoms with Gasteiger partial charge in [0.15, 0.2) is 0 Å². The fourth-order valence-electron chi connectivity index (χ4n) is 3.76. The summed E-state index contributed by atoms with van der Waals surface area (Å²) in [7, 11) is -2.98. The first-order valence-corrected chi connectivity index (χ1v) is 11.8. The number of aryl methyl sites for hydroxylation is 4. The molecule has 0 bridgehead atoms. The van der Waals surface area contributed by atoms with Gasteiger partial charge in [-0.15, -0.1) is 0 Å². The average Bonchev–Trinajstić information content (AvgIpc) is 3.13. The molecular formula is C26H27NO5S. The standard InChI is InChI=1S/C25H23NO4S.CH4O/c1-16-8-10-22(11-9-16)31(28,29)30-25-18(3)13-20(14-19(25)4)24(27)23-17(2)15-21-7-5-6-12-26(21)23;1-2/h5-15H,1-4H3;2H,1H3. The summed E-state index contributed by atoms with van der Waals surface area (Å²) >= 11 is 0. The van der Waals surface area contributed by atoms with Crippen molar-refractivity contribution in [2.75, 3.05) is 7.11 Å². The van der Waals surface area contributed by atoms with Gasteiger partial charge in [-0.2, -0.15) is 8.42 Å². The van der Waals surface area contributed by atoms with Crippen LogP contribution in [0.5, 0.6) is 5.75 Å². The normalized spacial score (nSPS) is 11.1. The van der Waals surface area contributed by atoms with Gasteiger partial charge in [0.1, 0.15) is 10.6 Å². The number of carbonyl (C=O) groups is 1. The van der Waals surface area contributed by atoms with Gasteiger partial charge in [0, 0.05) is 24.4 Å². The third-order valence-corrected chi connectivity index (χ3v) is 6.55. The molecule has 0 spiro atoms. The molecule has 0 saturated heterocycles. The van der Waals surface area contributed by atoms with E-state index in [2.05, 4.69) is 0 Å². The molecule has 0 aliphatic carbocycles. The molecule has 1 N–H and O–H groups in total. The van der Waals surface area contributed by atoms with Crippen molar-refractivity contribution in [2.24, 2.45) is 0 Å². The Morgan fingerprint density at radius 1 is 0.848 bits per heavy atom. The zero-order chi connectivity index (χ0) is 24.3. The van der Waals surface area contributed by atoms with E-state index in [9.17, 15) is 13.2 Å². The number of nitrogens with zero attached hydrogens (tertiary/aromatic N) is 1. The van der Waals surface area contributed by atoms with Crippen LogP contribution in [0.2, 0.25) is 0 Å². The predicted octanol–water partition coefficient (Wildman–Crippen LogP) is 4.78. The van der Waals surface area contributed by atoms with Gasteiger partial charge in [0.05, 0.1) is 5.69 Å². The molecule has 0 amide bonds. The Kier molecular flexibility index (Phi) is 7.05. The fraction of sp³-hybridized carbons (Fsp3) is 0.192. The summed E-state index contributed by atoms with van der Waals surface area (Å²) in [5, 5.41) is 7.00. The van der Waals surface area contributed by atoms with Crippen molar-refractivity contribution in [2.45, 2.75) is 32.6 Å². The molecule has 0 radical (unpaired) electrons. The van der Waals surface area contributed by atoms with E-state index in [1.54, 1.807) is 38.1 Å². The third kappa shape index (κ3) is 4.84. The summed E-state index contributed by atoms with van der Waals surface area (Å²) in [5.74, 6) is 0.122. The molecule has 0 saturated carbocycles. The summed E-state index contributed by atoms with van der Waals surface area (Å²) in [6.07, 6.45) is 1.86. The number of hydrogen-bond donors (Lipinski definition) is 1. The number of aliphatic hydroxyl groups excluding tert-OH is 1. The van der Waals surface area contributed by atoms with Crippen LogP contribution in [0.3, 0.4) is 0 Å². The maximum atomic E-state index is 13.3. The summed E-state index contributed by atoms with van der Waals surface area (Å²) in [4.78, 5) is 13.4. The molecule has 2 aromatic heterocycles. The first kappa shape index (κ1) is 24.2. The topological polar surface area (TPSA) is 85.1 Å². The van der Waals surface area contributed by atoms with Crippen molar-refractivity contribution in [1.82, 2.24) is 4.40 Å². The Labute approximate surface area is 194 Å². The molecule has 0 fully saturated rings. The van der Waals surface area contributed by atoms with Gasteiger partial charge in [0.25, 0.3) is 0 Å². The van der Waals surface area contributed by atoms with Crippen LogP contribution in [0.25, 0.3) is 5.52 Å². The number of carbonyl (C=O) groups excluding carboxylic acids is 1.